The van der Waals surface area contributed by atoms with E-state index in [1.165, 1.54) is 11.3 Å². The van der Waals surface area contributed by atoms with Crippen LogP contribution in [0.1, 0.15) is 4.88 Å². The molecule has 0 amide bonds. The molecule has 0 aliphatic carbocycles. The van der Waals surface area contributed by atoms with E-state index in [2.05, 4.69) is 5.32 Å². The van der Waals surface area contributed by atoms with Crippen molar-refractivity contribution in [3.63, 3.8) is 0 Å². The summed E-state index contributed by atoms with van der Waals surface area (Å²) in [5.41, 5.74) is 1.27. The van der Waals surface area contributed by atoms with E-state index < -0.39 is 0 Å². The van der Waals surface area contributed by atoms with Crippen LogP contribution < -0.4 is 9.88 Å². The highest BCUT2D eigenvalue weighted by atomic mass is 35.5. The number of nitrogens with one attached hydrogen (secondary N) is 1. The standard InChI is InChI=1S/C18H13ClN2OS2/c19-13-6-4-7-14(12-13)20-18(23)16(21-9-2-1-3-10-21)17(22)15-8-5-11-24-15/h1-12H,(H-,20,22,23)/p+1. The Labute approximate surface area is 154 Å². The number of pyridine rings is 1. The Morgan fingerprint density at radius 3 is 2.54 bits per heavy atom. The molecule has 1 aromatic carbocycles. The van der Waals surface area contributed by atoms with Crippen molar-refractivity contribution in [3.05, 3.63) is 82.3 Å². The Morgan fingerprint density at radius 1 is 1.08 bits per heavy atom. The Morgan fingerprint density at radius 2 is 1.88 bits per heavy atom. The molecular formula is C18H14ClN2OS2+. The van der Waals surface area contributed by atoms with Gasteiger partial charge < -0.3 is 10.4 Å². The average Bonchev–Trinajstić information content (AvgIpc) is 3.10. The normalized spacial score (nSPS) is 11.7. The molecule has 2 heterocycles. The van der Waals surface area contributed by atoms with Gasteiger partial charge in [0.05, 0.1) is 4.88 Å². The lowest BCUT2D eigenvalue weighted by molar-refractivity contribution is -0.575. The van der Waals surface area contributed by atoms with Crippen LogP contribution >= 0.6 is 35.2 Å². The van der Waals surface area contributed by atoms with E-state index in [0.29, 0.717) is 15.7 Å². The molecule has 0 unspecified atom stereocenters. The van der Waals surface area contributed by atoms with Crippen molar-refractivity contribution in [3.8, 4) is 0 Å². The van der Waals surface area contributed by atoms with Gasteiger partial charge in [-0.05, 0) is 29.6 Å². The SMILES string of the molecule is OC(=C(C(=S)Nc1cccc(Cl)c1)[n+]1ccccc1)c1cccs1. The molecule has 0 atom stereocenters. The van der Waals surface area contributed by atoms with Gasteiger partial charge in [-0.2, -0.15) is 4.57 Å². The van der Waals surface area contributed by atoms with Crippen molar-refractivity contribution in [2.75, 3.05) is 5.32 Å². The molecule has 2 N–H and O–H groups in total. The second-order valence-corrected chi connectivity index (χ2v) is 6.71. The number of hydrogen-bond donors (Lipinski definition) is 2. The van der Waals surface area contributed by atoms with Crippen LogP contribution in [-0.4, -0.2) is 10.1 Å². The fraction of sp³-hybridized carbons (Fsp3) is 0. The molecule has 0 bridgehead atoms. The summed E-state index contributed by atoms with van der Waals surface area (Å²) < 4.78 is 1.79. The van der Waals surface area contributed by atoms with Crippen LogP contribution in [0.2, 0.25) is 5.02 Å². The number of aliphatic hydroxyl groups is 1. The van der Waals surface area contributed by atoms with E-state index in [1.807, 2.05) is 60.2 Å². The molecule has 0 fully saturated rings. The molecule has 24 heavy (non-hydrogen) atoms. The molecule has 6 heteroatoms. The maximum atomic E-state index is 10.7. The van der Waals surface area contributed by atoms with Crippen LogP contribution in [-0.2, 0) is 0 Å². The third kappa shape index (κ3) is 3.82. The Hall–Kier alpha value is -2.21. The van der Waals surface area contributed by atoms with Crippen LogP contribution in [0.5, 0.6) is 0 Å². The first kappa shape index (κ1) is 16.6. The zero-order valence-electron chi connectivity index (χ0n) is 12.5. The zero-order chi connectivity index (χ0) is 16.9. The van der Waals surface area contributed by atoms with Crippen LogP contribution in [0.25, 0.3) is 11.5 Å². The van der Waals surface area contributed by atoms with Gasteiger partial charge in [-0.25, -0.2) is 0 Å². The fourth-order valence-electron chi connectivity index (χ4n) is 2.18. The van der Waals surface area contributed by atoms with Crippen LogP contribution in [0, 0.1) is 0 Å². The number of anilines is 1. The number of thiophene rings is 1. The summed E-state index contributed by atoms with van der Waals surface area (Å²) in [6, 6.07) is 16.7. The van der Waals surface area contributed by atoms with Gasteiger partial charge in [0.15, 0.2) is 17.4 Å². The smallest absolute Gasteiger partial charge is 0.289 e. The highest BCUT2D eigenvalue weighted by Crippen LogP contribution is 2.23. The summed E-state index contributed by atoms with van der Waals surface area (Å²) >= 11 is 13.0. The van der Waals surface area contributed by atoms with E-state index in [-0.39, 0.29) is 5.76 Å². The van der Waals surface area contributed by atoms with E-state index in [9.17, 15) is 5.11 Å². The molecule has 3 aromatic rings. The van der Waals surface area contributed by atoms with Gasteiger partial charge >= 0.3 is 0 Å². The van der Waals surface area contributed by atoms with Crippen molar-refractivity contribution < 1.29 is 9.67 Å². The van der Waals surface area contributed by atoms with Gasteiger partial charge in [0.2, 0.25) is 5.76 Å². The van der Waals surface area contributed by atoms with E-state index in [1.54, 1.807) is 16.7 Å². The monoisotopic (exact) mass is 373 g/mol. The maximum Gasteiger partial charge on any atom is 0.289 e. The second-order valence-electron chi connectivity index (χ2n) is 4.92. The summed E-state index contributed by atoms with van der Waals surface area (Å²) in [6.45, 7) is 0. The van der Waals surface area contributed by atoms with E-state index in [0.717, 1.165) is 10.6 Å². The van der Waals surface area contributed by atoms with Gasteiger partial charge in [0.1, 0.15) is 0 Å². The number of aromatic nitrogens is 1. The number of aliphatic hydroxyl groups excluding tert-OH is 1. The number of halogens is 1. The lowest BCUT2D eigenvalue weighted by Crippen LogP contribution is -2.38. The third-order valence-corrected chi connectivity index (χ3v) is 4.66. The molecule has 0 aliphatic rings. The van der Waals surface area contributed by atoms with Gasteiger partial charge in [-0.3, -0.25) is 0 Å². The molecule has 0 saturated carbocycles. The average molecular weight is 374 g/mol. The topological polar surface area (TPSA) is 36.1 Å². The Bertz CT molecular complexity index is 877. The fourth-order valence-corrected chi connectivity index (χ4v) is 3.36. The minimum atomic E-state index is 0.126. The quantitative estimate of drug-likeness (QED) is 0.292. The maximum absolute atomic E-state index is 10.7. The van der Waals surface area contributed by atoms with E-state index in [4.69, 9.17) is 23.8 Å². The summed E-state index contributed by atoms with van der Waals surface area (Å²) in [6.07, 6.45) is 3.68. The predicted molar refractivity (Wildman–Crippen MR) is 104 cm³/mol. The van der Waals surface area contributed by atoms with Crippen molar-refractivity contribution >= 4 is 57.3 Å². The van der Waals surface area contributed by atoms with Crippen LogP contribution in [0.15, 0.2) is 72.4 Å². The molecule has 2 aromatic heterocycles. The van der Waals surface area contributed by atoms with Crippen molar-refractivity contribution in [1.82, 2.24) is 0 Å². The third-order valence-electron chi connectivity index (χ3n) is 3.25. The molecule has 120 valence electrons. The molecule has 3 rings (SSSR count). The van der Waals surface area contributed by atoms with Crippen LogP contribution in [0.3, 0.4) is 0 Å². The van der Waals surface area contributed by atoms with Gasteiger partial charge in [-0.15, -0.1) is 11.3 Å². The minimum Gasteiger partial charge on any atom is -0.501 e. The first-order valence-electron chi connectivity index (χ1n) is 7.16. The molecule has 3 nitrogen and oxygen atoms in total. The summed E-state index contributed by atoms with van der Waals surface area (Å²) in [5, 5.41) is 16.4. The Kier molecular flexibility index (Phi) is 5.25. The summed E-state index contributed by atoms with van der Waals surface area (Å²) in [7, 11) is 0. The predicted octanol–water partition coefficient (Wildman–Crippen LogP) is 5.01. The first-order valence-corrected chi connectivity index (χ1v) is 8.82. The van der Waals surface area contributed by atoms with Crippen LogP contribution in [0.4, 0.5) is 5.69 Å². The second kappa shape index (κ2) is 7.57. The number of hydrogen-bond acceptors (Lipinski definition) is 3. The van der Waals surface area contributed by atoms with Crippen molar-refractivity contribution in [2.45, 2.75) is 0 Å². The van der Waals surface area contributed by atoms with E-state index >= 15 is 0 Å². The Balaban J connectivity index is 2.02. The highest BCUT2D eigenvalue weighted by molar-refractivity contribution is 7.81. The summed E-state index contributed by atoms with van der Waals surface area (Å²) in [4.78, 5) is 1.15. The number of benzene rings is 1. The minimum absolute atomic E-state index is 0.126. The molecular weight excluding hydrogens is 360 g/mol. The molecule has 0 saturated heterocycles. The van der Waals surface area contributed by atoms with Gasteiger partial charge in [0.25, 0.3) is 5.70 Å². The van der Waals surface area contributed by atoms with Crippen molar-refractivity contribution in [1.29, 1.82) is 0 Å². The lowest BCUT2D eigenvalue weighted by atomic mass is 10.2. The number of rotatable bonds is 4. The van der Waals surface area contributed by atoms with Gasteiger partial charge in [0, 0.05) is 22.8 Å². The number of nitrogens with zero attached hydrogens (tertiary/aromatic N) is 1. The number of thiocarbonyl (C=S) groups is 1. The largest absolute Gasteiger partial charge is 0.501 e. The zero-order valence-corrected chi connectivity index (χ0v) is 14.9. The lowest BCUT2D eigenvalue weighted by Gasteiger charge is -2.09. The highest BCUT2D eigenvalue weighted by Gasteiger charge is 2.24. The molecule has 0 aliphatic heterocycles. The first-order chi connectivity index (χ1) is 11.6. The molecule has 0 radical (unpaired) electrons. The van der Waals surface area contributed by atoms with Crippen molar-refractivity contribution in [2.24, 2.45) is 0 Å². The molecule has 0 spiro atoms. The van der Waals surface area contributed by atoms with Gasteiger partial charge in [-0.1, -0.05) is 42.0 Å². The summed E-state index contributed by atoms with van der Waals surface area (Å²) in [5.74, 6) is 0.126.